The lowest BCUT2D eigenvalue weighted by atomic mass is 10.2. The van der Waals surface area contributed by atoms with Gasteiger partial charge in [0, 0.05) is 24.4 Å². The van der Waals surface area contributed by atoms with E-state index < -0.39 is 10.8 Å². The first-order valence-corrected chi connectivity index (χ1v) is 8.32. The molecule has 2 N–H and O–H groups in total. The zero-order valence-electron chi connectivity index (χ0n) is 13.8. The molecule has 0 aliphatic rings. The van der Waals surface area contributed by atoms with Gasteiger partial charge in [-0.3, -0.25) is 19.7 Å². The Morgan fingerprint density at radius 3 is 2.56 bits per heavy atom. The second-order valence-corrected chi connectivity index (χ2v) is 6.40. The van der Waals surface area contributed by atoms with Crippen molar-refractivity contribution in [1.82, 2.24) is 0 Å². The lowest BCUT2D eigenvalue weighted by Gasteiger charge is -2.17. The number of nitrogens with zero attached hydrogens (tertiary/aromatic N) is 2. The third-order valence-electron chi connectivity index (χ3n) is 3.55. The smallest absolute Gasteiger partial charge is 0.283 e. The maximum atomic E-state index is 12.3. The quantitative estimate of drug-likeness (QED) is 0.485. The van der Waals surface area contributed by atoms with Crippen molar-refractivity contribution in [2.24, 2.45) is 5.73 Å². The summed E-state index contributed by atoms with van der Waals surface area (Å²) in [6.07, 6.45) is 0. The Kier molecular flexibility index (Phi) is 5.76. The van der Waals surface area contributed by atoms with Gasteiger partial charge in [-0.15, -0.1) is 11.8 Å². The summed E-state index contributed by atoms with van der Waals surface area (Å²) in [5, 5.41) is 11.2. The molecular weight excluding hydrogens is 342 g/mol. The fourth-order valence-corrected chi connectivity index (χ4v) is 3.07. The topological polar surface area (TPSA) is 107 Å². The fraction of sp³-hybridized carbons (Fsp3) is 0.176. The Bertz CT molecular complexity index is 838. The van der Waals surface area contributed by atoms with Gasteiger partial charge in [0.2, 0.25) is 11.8 Å². The van der Waals surface area contributed by atoms with Crippen LogP contribution in [0.1, 0.15) is 15.9 Å². The molecule has 2 rings (SSSR count). The Hall–Kier alpha value is -2.87. The van der Waals surface area contributed by atoms with E-state index >= 15 is 0 Å². The molecule has 0 aliphatic carbocycles. The molecule has 130 valence electrons. The van der Waals surface area contributed by atoms with Crippen molar-refractivity contribution in [3.05, 3.63) is 63.7 Å². The van der Waals surface area contributed by atoms with Gasteiger partial charge in [0.25, 0.3) is 5.69 Å². The van der Waals surface area contributed by atoms with Gasteiger partial charge in [-0.25, -0.2) is 0 Å². The van der Waals surface area contributed by atoms with Crippen LogP contribution in [0, 0.1) is 17.0 Å². The molecule has 0 unspecified atom stereocenters. The Morgan fingerprint density at radius 2 is 1.96 bits per heavy atom. The number of aryl methyl sites for hydroxylation is 1. The van der Waals surface area contributed by atoms with Crippen molar-refractivity contribution in [3.8, 4) is 0 Å². The number of primary amides is 1. The standard InChI is InChI=1S/C17H17N3O4S/c1-11-4-3-5-13(8-11)19(2)16(21)10-25-15-7-6-12(17(18)22)9-14(15)20(23)24/h3-9H,10H2,1-2H3,(H2,18,22). The lowest BCUT2D eigenvalue weighted by molar-refractivity contribution is -0.387. The minimum atomic E-state index is -0.741. The van der Waals surface area contributed by atoms with Crippen LogP contribution in [-0.2, 0) is 4.79 Å². The van der Waals surface area contributed by atoms with Gasteiger partial charge in [-0.2, -0.15) is 0 Å². The molecule has 8 heteroatoms. The first kappa shape index (κ1) is 18.5. The number of benzene rings is 2. The molecule has 0 atom stereocenters. The summed E-state index contributed by atoms with van der Waals surface area (Å²) in [5.41, 5.74) is 6.74. The molecule has 2 aromatic carbocycles. The van der Waals surface area contributed by atoms with Crippen LogP contribution in [0.5, 0.6) is 0 Å². The number of carbonyl (C=O) groups excluding carboxylic acids is 2. The zero-order chi connectivity index (χ0) is 18.6. The number of rotatable bonds is 6. The molecule has 0 saturated heterocycles. The van der Waals surface area contributed by atoms with Crippen LogP contribution in [-0.4, -0.2) is 29.5 Å². The average Bonchev–Trinajstić information content (AvgIpc) is 2.58. The number of thioether (sulfide) groups is 1. The summed E-state index contributed by atoms with van der Waals surface area (Å²) in [4.78, 5) is 35.9. The highest BCUT2D eigenvalue weighted by molar-refractivity contribution is 8.00. The minimum Gasteiger partial charge on any atom is -0.366 e. The molecule has 0 spiro atoms. The number of amides is 2. The van der Waals surface area contributed by atoms with E-state index in [1.54, 1.807) is 7.05 Å². The normalized spacial score (nSPS) is 10.3. The van der Waals surface area contributed by atoms with Crippen molar-refractivity contribution in [3.63, 3.8) is 0 Å². The third-order valence-corrected chi connectivity index (χ3v) is 4.60. The van der Waals surface area contributed by atoms with Crippen LogP contribution in [0.15, 0.2) is 47.4 Å². The van der Waals surface area contributed by atoms with Gasteiger partial charge in [-0.1, -0.05) is 12.1 Å². The predicted octanol–water partition coefficient (Wildman–Crippen LogP) is 2.76. The first-order chi connectivity index (χ1) is 11.8. The molecule has 25 heavy (non-hydrogen) atoms. The summed E-state index contributed by atoms with van der Waals surface area (Å²) < 4.78 is 0. The lowest BCUT2D eigenvalue weighted by Crippen LogP contribution is -2.27. The van der Waals surface area contributed by atoms with E-state index in [0.29, 0.717) is 4.90 Å². The first-order valence-electron chi connectivity index (χ1n) is 7.34. The molecule has 7 nitrogen and oxygen atoms in total. The van der Waals surface area contributed by atoms with Crippen LogP contribution < -0.4 is 10.6 Å². The van der Waals surface area contributed by atoms with Crippen LogP contribution >= 0.6 is 11.8 Å². The maximum absolute atomic E-state index is 12.3. The van der Waals surface area contributed by atoms with Gasteiger partial charge >= 0.3 is 0 Å². The number of hydrogen-bond acceptors (Lipinski definition) is 5. The molecular formula is C17H17N3O4S. The van der Waals surface area contributed by atoms with E-state index in [-0.39, 0.29) is 22.9 Å². The van der Waals surface area contributed by atoms with E-state index in [4.69, 9.17) is 5.73 Å². The van der Waals surface area contributed by atoms with E-state index in [1.165, 1.54) is 17.0 Å². The van der Waals surface area contributed by atoms with Gasteiger partial charge in [0.15, 0.2) is 0 Å². The van der Waals surface area contributed by atoms with Gasteiger partial charge in [-0.05, 0) is 36.8 Å². The minimum absolute atomic E-state index is 0.0290. The third kappa shape index (κ3) is 4.57. The van der Waals surface area contributed by atoms with Crippen molar-refractivity contribution in [1.29, 1.82) is 0 Å². The number of nitro benzene ring substituents is 1. The van der Waals surface area contributed by atoms with E-state index in [0.717, 1.165) is 29.1 Å². The number of hydrogen-bond donors (Lipinski definition) is 1. The van der Waals surface area contributed by atoms with Crippen molar-refractivity contribution in [2.45, 2.75) is 11.8 Å². The summed E-state index contributed by atoms with van der Waals surface area (Å²) >= 11 is 1.05. The number of nitrogens with two attached hydrogens (primary N) is 1. The Balaban J connectivity index is 2.13. The molecule has 0 aliphatic heterocycles. The molecule has 0 bridgehead atoms. The molecule has 0 aromatic heterocycles. The molecule has 0 fully saturated rings. The summed E-state index contributed by atoms with van der Waals surface area (Å²) in [5.74, 6) is -0.903. The van der Waals surface area contributed by atoms with Crippen LogP contribution in [0.3, 0.4) is 0 Å². The van der Waals surface area contributed by atoms with Gasteiger partial charge in [0.1, 0.15) is 0 Å². The molecule has 2 aromatic rings. The van der Waals surface area contributed by atoms with Crippen molar-refractivity contribution < 1.29 is 14.5 Å². The van der Waals surface area contributed by atoms with E-state index in [9.17, 15) is 19.7 Å². The average molecular weight is 359 g/mol. The van der Waals surface area contributed by atoms with E-state index in [2.05, 4.69) is 0 Å². The second-order valence-electron chi connectivity index (χ2n) is 5.38. The highest BCUT2D eigenvalue weighted by atomic mass is 32.2. The molecule has 0 saturated carbocycles. The summed E-state index contributed by atoms with van der Waals surface area (Å²) in [6.45, 7) is 1.93. The van der Waals surface area contributed by atoms with E-state index in [1.807, 2.05) is 31.2 Å². The van der Waals surface area contributed by atoms with Gasteiger partial charge < -0.3 is 10.6 Å². The highest BCUT2D eigenvalue weighted by Crippen LogP contribution is 2.30. The molecule has 0 radical (unpaired) electrons. The predicted molar refractivity (Wildman–Crippen MR) is 96.9 cm³/mol. The Morgan fingerprint density at radius 1 is 1.24 bits per heavy atom. The summed E-state index contributed by atoms with van der Waals surface area (Å²) in [6, 6.07) is 11.5. The Labute approximate surface area is 149 Å². The monoisotopic (exact) mass is 359 g/mol. The second kappa shape index (κ2) is 7.80. The van der Waals surface area contributed by atoms with Crippen LogP contribution in [0.25, 0.3) is 0 Å². The zero-order valence-corrected chi connectivity index (χ0v) is 14.6. The number of anilines is 1. The summed E-state index contributed by atoms with van der Waals surface area (Å²) in [7, 11) is 1.66. The molecule has 0 heterocycles. The van der Waals surface area contributed by atoms with Crippen LogP contribution in [0.2, 0.25) is 0 Å². The number of carbonyl (C=O) groups is 2. The van der Waals surface area contributed by atoms with Crippen LogP contribution in [0.4, 0.5) is 11.4 Å². The van der Waals surface area contributed by atoms with Crippen molar-refractivity contribution in [2.75, 3.05) is 17.7 Å². The SMILES string of the molecule is Cc1cccc(N(C)C(=O)CSc2ccc(C(N)=O)cc2[N+](=O)[O-])c1. The fourth-order valence-electron chi connectivity index (χ4n) is 2.15. The van der Waals surface area contributed by atoms with Crippen molar-refractivity contribution >= 4 is 35.0 Å². The molecule has 2 amide bonds. The number of nitro groups is 1. The maximum Gasteiger partial charge on any atom is 0.283 e. The highest BCUT2D eigenvalue weighted by Gasteiger charge is 2.19. The largest absolute Gasteiger partial charge is 0.366 e. The van der Waals surface area contributed by atoms with Gasteiger partial charge in [0.05, 0.1) is 15.6 Å².